The van der Waals surface area contributed by atoms with Crippen molar-refractivity contribution in [2.45, 2.75) is 13.0 Å². The number of halogens is 1. The number of aliphatic hydroxyl groups excluding tert-OH is 1. The zero-order chi connectivity index (χ0) is 13.1. The van der Waals surface area contributed by atoms with E-state index in [1.54, 1.807) is 24.5 Å². The Hall–Kier alpha value is -1.94. The van der Waals surface area contributed by atoms with Gasteiger partial charge in [-0.2, -0.15) is 0 Å². The molecule has 18 heavy (non-hydrogen) atoms. The fourth-order valence-corrected chi connectivity index (χ4v) is 1.79. The van der Waals surface area contributed by atoms with Crippen molar-refractivity contribution in [3.8, 4) is 5.75 Å². The maximum Gasteiger partial charge on any atom is 0.165 e. The molecule has 0 aliphatic rings. The lowest BCUT2D eigenvalue weighted by molar-refractivity contribution is 0.218. The summed E-state index contributed by atoms with van der Waals surface area (Å²) < 4.78 is 18.4. The van der Waals surface area contributed by atoms with Gasteiger partial charge in [0, 0.05) is 18.0 Å². The number of benzene rings is 1. The van der Waals surface area contributed by atoms with E-state index in [-0.39, 0.29) is 5.75 Å². The summed E-state index contributed by atoms with van der Waals surface area (Å²) in [6, 6.07) is 6.22. The largest absolute Gasteiger partial charge is 0.494 e. The van der Waals surface area contributed by atoms with Gasteiger partial charge >= 0.3 is 0 Å². The summed E-state index contributed by atoms with van der Waals surface area (Å²) in [7, 11) is 1.40. The molecule has 0 fully saturated rings. The van der Waals surface area contributed by atoms with E-state index in [1.807, 2.05) is 6.92 Å². The smallest absolute Gasteiger partial charge is 0.165 e. The molecule has 1 atom stereocenters. The van der Waals surface area contributed by atoms with E-state index in [1.165, 1.54) is 19.2 Å². The predicted molar refractivity (Wildman–Crippen MR) is 66.0 cm³/mol. The van der Waals surface area contributed by atoms with Gasteiger partial charge in [0.15, 0.2) is 11.6 Å². The molecule has 1 N–H and O–H groups in total. The summed E-state index contributed by atoms with van der Waals surface area (Å²) in [6.45, 7) is 1.88. The maximum atomic E-state index is 13.6. The normalized spacial score (nSPS) is 12.2. The molecule has 3 nitrogen and oxygen atoms in total. The molecule has 0 aliphatic heterocycles. The monoisotopic (exact) mass is 247 g/mol. The second-order valence-electron chi connectivity index (χ2n) is 4.03. The minimum Gasteiger partial charge on any atom is -0.494 e. The number of hydrogen-bond donors (Lipinski definition) is 1. The van der Waals surface area contributed by atoms with Gasteiger partial charge in [-0.15, -0.1) is 0 Å². The predicted octanol–water partition coefficient (Wildman–Crippen LogP) is 2.62. The number of pyridine rings is 1. The average molecular weight is 247 g/mol. The van der Waals surface area contributed by atoms with E-state index < -0.39 is 11.9 Å². The highest BCUT2D eigenvalue weighted by molar-refractivity contribution is 5.36. The number of aryl methyl sites for hydroxylation is 1. The van der Waals surface area contributed by atoms with Crippen LogP contribution in [0, 0.1) is 12.7 Å². The second-order valence-corrected chi connectivity index (χ2v) is 4.03. The topological polar surface area (TPSA) is 42.4 Å². The second kappa shape index (κ2) is 5.14. The van der Waals surface area contributed by atoms with Crippen LogP contribution in [0.1, 0.15) is 22.8 Å². The fraction of sp³-hybridized carbons (Fsp3) is 0.214. The van der Waals surface area contributed by atoms with Crippen LogP contribution in [0.15, 0.2) is 36.7 Å². The maximum absolute atomic E-state index is 13.6. The number of aromatic nitrogens is 1. The van der Waals surface area contributed by atoms with Gasteiger partial charge in [0.2, 0.25) is 0 Å². The van der Waals surface area contributed by atoms with Gasteiger partial charge in [-0.25, -0.2) is 4.39 Å². The molecule has 1 unspecified atom stereocenters. The lowest BCUT2D eigenvalue weighted by Gasteiger charge is -2.14. The number of nitrogens with zero attached hydrogens (tertiary/aromatic N) is 1. The van der Waals surface area contributed by atoms with Crippen LogP contribution in [0.25, 0.3) is 0 Å². The molecule has 4 heteroatoms. The summed E-state index contributed by atoms with van der Waals surface area (Å²) in [6.07, 6.45) is 2.35. The third-order valence-corrected chi connectivity index (χ3v) is 2.87. The molecule has 94 valence electrons. The summed E-state index contributed by atoms with van der Waals surface area (Å²) in [5, 5.41) is 10.2. The first-order chi connectivity index (χ1) is 8.63. The molecule has 0 saturated heterocycles. The van der Waals surface area contributed by atoms with E-state index in [9.17, 15) is 9.50 Å². The highest BCUT2D eigenvalue weighted by Crippen LogP contribution is 2.27. The van der Waals surface area contributed by atoms with Crippen molar-refractivity contribution in [2.24, 2.45) is 0 Å². The van der Waals surface area contributed by atoms with Crippen LogP contribution < -0.4 is 4.74 Å². The quantitative estimate of drug-likeness (QED) is 0.906. The van der Waals surface area contributed by atoms with Crippen LogP contribution >= 0.6 is 0 Å². The molecule has 0 saturated carbocycles. The fourth-order valence-electron chi connectivity index (χ4n) is 1.79. The van der Waals surface area contributed by atoms with Crippen LogP contribution in [0.4, 0.5) is 4.39 Å². The Morgan fingerprint density at radius 2 is 2.11 bits per heavy atom. The SMILES string of the molecule is COc1ccc(C(O)c2cnccc2C)cc1F. The Morgan fingerprint density at radius 1 is 1.33 bits per heavy atom. The van der Waals surface area contributed by atoms with Crippen molar-refractivity contribution >= 4 is 0 Å². The van der Waals surface area contributed by atoms with Gasteiger partial charge in [-0.1, -0.05) is 6.07 Å². The van der Waals surface area contributed by atoms with Crippen molar-refractivity contribution in [2.75, 3.05) is 7.11 Å². The van der Waals surface area contributed by atoms with Crippen LogP contribution in [0.2, 0.25) is 0 Å². The molecule has 0 aliphatic carbocycles. The van der Waals surface area contributed by atoms with E-state index in [0.29, 0.717) is 11.1 Å². The standard InChI is InChI=1S/C14H14FNO2/c1-9-5-6-16-8-11(9)14(17)10-3-4-13(18-2)12(15)7-10/h3-8,14,17H,1-2H3. The Bertz CT molecular complexity index is 557. The van der Waals surface area contributed by atoms with Crippen LogP contribution in [-0.2, 0) is 0 Å². The highest BCUT2D eigenvalue weighted by Gasteiger charge is 2.15. The van der Waals surface area contributed by atoms with E-state index in [0.717, 1.165) is 5.56 Å². The lowest BCUT2D eigenvalue weighted by Crippen LogP contribution is -2.03. The Labute approximate surface area is 105 Å². The van der Waals surface area contributed by atoms with Crippen molar-refractivity contribution < 1.29 is 14.2 Å². The number of methoxy groups -OCH3 is 1. The minimum absolute atomic E-state index is 0.161. The van der Waals surface area contributed by atoms with Gasteiger partial charge in [0.25, 0.3) is 0 Å². The minimum atomic E-state index is -0.890. The van der Waals surface area contributed by atoms with Crippen molar-refractivity contribution in [1.82, 2.24) is 4.98 Å². The third-order valence-electron chi connectivity index (χ3n) is 2.87. The molecule has 1 heterocycles. The third kappa shape index (κ3) is 2.33. The highest BCUT2D eigenvalue weighted by atomic mass is 19.1. The number of rotatable bonds is 3. The Kier molecular flexibility index (Phi) is 3.58. The molecule has 2 aromatic rings. The number of ether oxygens (including phenoxy) is 1. The number of hydrogen-bond acceptors (Lipinski definition) is 3. The number of aliphatic hydroxyl groups is 1. The lowest BCUT2D eigenvalue weighted by atomic mass is 9.99. The Balaban J connectivity index is 2.37. The van der Waals surface area contributed by atoms with E-state index in [2.05, 4.69) is 4.98 Å². The van der Waals surface area contributed by atoms with Crippen molar-refractivity contribution in [1.29, 1.82) is 0 Å². The first kappa shape index (κ1) is 12.5. The van der Waals surface area contributed by atoms with E-state index >= 15 is 0 Å². The Morgan fingerprint density at radius 3 is 2.72 bits per heavy atom. The summed E-state index contributed by atoms with van der Waals surface area (Å²) in [5.41, 5.74) is 2.06. The summed E-state index contributed by atoms with van der Waals surface area (Å²) in [4.78, 5) is 3.97. The molecule has 0 amide bonds. The van der Waals surface area contributed by atoms with Crippen molar-refractivity contribution in [3.05, 3.63) is 59.2 Å². The van der Waals surface area contributed by atoms with Crippen LogP contribution in [0.5, 0.6) is 5.75 Å². The molecule has 0 spiro atoms. The van der Waals surface area contributed by atoms with Crippen LogP contribution in [-0.4, -0.2) is 17.2 Å². The molecular formula is C14H14FNO2. The van der Waals surface area contributed by atoms with Gasteiger partial charge in [-0.05, 0) is 36.2 Å². The summed E-state index contributed by atoms with van der Waals surface area (Å²) in [5.74, 6) is -0.329. The molecule has 1 aromatic carbocycles. The molecular weight excluding hydrogens is 233 g/mol. The first-order valence-corrected chi connectivity index (χ1v) is 5.55. The molecule has 0 bridgehead atoms. The van der Waals surface area contributed by atoms with Crippen LogP contribution in [0.3, 0.4) is 0 Å². The molecule has 1 aromatic heterocycles. The zero-order valence-electron chi connectivity index (χ0n) is 10.2. The van der Waals surface area contributed by atoms with Gasteiger partial charge in [0.05, 0.1) is 7.11 Å². The van der Waals surface area contributed by atoms with E-state index in [4.69, 9.17) is 4.74 Å². The van der Waals surface area contributed by atoms with Crippen molar-refractivity contribution in [3.63, 3.8) is 0 Å². The van der Waals surface area contributed by atoms with Gasteiger partial charge in [-0.3, -0.25) is 4.98 Å². The molecule has 0 radical (unpaired) electrons. The average Bonchev–Trinajstić information content (AvgIpc) is 2.38. The van der Waals surface area contributed by atoms with Gasteiger partial charge < -0.3 is 9.84 Å². The summed E-state index contributed by atoms with van der Waals surface area (Å²) >= 11 is 0. The van der Waals surface area contributed by atoms with Gasteiger partial charge in [0.1, 0.15) is 6.10 Å². The zero-order valence-corrected chi connectivity index (χ0v) is 10.2. The first-order valence-electron chi connectivity index (χ1n) is 5.55. The molecule has 2 rings (SSSR count).